The lowest BCUT2D eigenvalue weighted by Gasteiger charge is -2.34. The van der Waals surface area contributed by atoms with Gasteiger partial charge in [0.2, 0.25) is 0 Å². The Kier molecular flexibility index (Phi) is 3.55. The van der Waals surface area contributed by atoms with Crippen molar-refractivity contribution in [1.82, 2.24) is 4.90 Å². The number of likely N-dealkylation sites (N-methyl/N-ethyl adjacent to an activating group) is 1. The first-order valence-corrected chi connectivity index (χ1v) is 7.35. The number of hydrogen-bond donors (Lipinski definition) is 1. The normalized spacial score (nSPS) is 24.0. The molecule has 1 aromatic rings. The Labute approximate surface area is 110 Å². The molecule has 3 rings (SSSR count). The highest BCUT2D eigenvalue weighted by atomic mass is 15.2. The van der Waals surface area contributed by atoms with Gasteiger partial charge in [0.25, 0.3) is 0 Å². The SMILES string of the molecule is CN(CC1CCC1)C1CCc2ccccc2NC1. The Hall–Kier alpha value is -1.02. The van der Waals surface area contributed by atoms with E-state index in [2.05, 4.69) is 41.5 Å². The predicted molar refractivity (Wildman–Crippen MR) is 77.0 cm³/mol. The zero-order valence-electron chi connectivity index (χ0n) is 11.4. The summed E-state index contributed by atoms with van der Waals surface area (Å²) in [5.74, 6) is 0.973. The van der Waals surface area contributed by atoms with Crippen LogP contribution in [0.2, 0.25) is 0 Å². The monoisotopic (exact) mass is 244 g/mol. The summed E-state index contributed by atoms with van der Waals surface area (Å²) in [6.45, 7) is 2.39. The molecule has 2 heteroatoms. The van der Waals surface area contributed by atoms with Crippen molar-refractivity contribution in [2.24, 2.45) is 5.92 Å². The standard InChI is InChI=1S/C16H24N2/c1-18(12-13-5-4-6-13)15-10-9-14-7-2-3-8-16(14)17-11-15/h2-3,7-8,13,15,17H,4-6,9-12H2,1H3. The first-order valence-electron chi connectivity index (χ1n) is 7.35. The van der Waals surface area contributed by atoms with E-state index in [4.69, 9.17) is 0 Å². The minimum Gasteiger partial charge on any atom is -0.383 e. The van der Waals surface area contributed by atoms with Crippen molar-refractivity contribution in [2.45, 2.75) is 38.1 Å². The van der Waals surface area contributed by atoms with Crippen LogP contribution in [0.1, 0.15) is 31.2 Å². The number of fused-ring (bicyclic) bond motifs is 1. The molecule has 1 aromatic carbocycles. The molecule has 0 radical (unpaired) electrons. The lowest BCUT2D eigenvalue weighted by Crippen LogP contribution is -2.41. The van der Waals surface area contributed by atoms with Crippen LogP contribution in [0.3, 0.4) is 0 Å². The summed E-state index contributed by atoms with van der Waals surface area (Å²) in [6.07, 6.45) is 6.85. The van der Waals surface area contributed by atoms with Crippen molar-refractivity contribution >= 4 is 5.69 Å². The van der Waals surface area contributed by atoms with Gasteiger partial charge in [-0.3, -0.25) is 0 Å². The highest BCUT2D eigenvalue weighted by Crippen LogP contribution is 2.28. The molecule has 1 saturated carbocycles. The molecular weight excluding hydrogens is 220 g/mol. The minimum absolute atomic E-state index is 0.693. The maximum Gasteiger partial charge on any atom is 0.0373 e. The molecule has 0 bridgehead atoms. The van der Waals surface area contributed by atoms with Crippen LogP contribution in [0, 0.1) is 5.92 Å². The van der Waals surface area contributed by atoms with Crippen LogP contribution >= 0.6 is 0 Å². The fourth-order valence-electron chi connectivity index (χ4n) is 3.17. The predicted octanol–water partition coefficient (Wildman–Crippen LogP) is 3.15. The Morgan fingerprint density at radius 1 is 1.22 bits per heavy atom. The second-order valence-corrected chi connectivity index (χ2v) is 5.97. The summed E-state index contributed by atoms with van der Waals surface area (Å²) in [5.41, 5.74) is 2.83. The molecule has 1 atom stereocenters. The van der Waals surface area contributed by atoms with Crippen molar-refractivity contribution in [3.63, 3.8) is 0 Å². The third kappa shape index (κ3) is 2.54. The third-order valence-corrected chi connectivity index (χ3v) is 4.69. The topological polar surface area (TPSA) is 15.3 Å². The number of para-hydroxylation sites is 1. The lowest BCUT2D eigenvalue weighted by atomic mass is 9.85. The van der Waals surface area contributed by atoms with Crippen LogP contribution in [0.5, 0.6) is 0 Å². The zero-order valence-corrected chi connectivity index (χ0v) is 11.4. The molecule has 2 nitrogen and oxygen atoms in total. The van der Waals surface area contributed by atoms with Crippen molar-refractivity contribution in [2.75, 3.05) is 25.5 Å². The van der Waals surface area contributed by atoms with Gasteiger partial charge in [-0.1, -0.05) is 24.6 Å². The molecule has 98 valence electrons. The van der Waals surface area contributed by atoms with E-state index in [1.54, 1.807) is 0 Å². The Bertz CT molecular complexity index is 371. The van der Waals surface area contributed by atoms with E-state index in [1.165, 1.54) is 49.9 Å². The fourth-order valence-corrected chi connectivity index (χ4v) is 3.17. The smallest absolute Gasteiger partial charge is 0.0373 e. The molecule has 1 N–H and O–H groups in total. The van der Waals surface area contributed by atoms with Crippen molar-refractivity contribution in [3.8, 4) is 0 Å². The van der Waals surface area contributed by atoms with Crippen LogP contribution in [0.4, 0.5) is 5.69 Å². The van der Waals surface area contributed by atoms with Gasteiger partial charge < -0.3 is 10.2 Å². The van der Waals surface area contributed by atoms with E-state index >= 15 is 0 Å². The number of nitrogens with zero attached hydrogens (tertiary/aromatic N) is 1. The number of rotatable bonds is 3. The van der Waals surface area contributed by atoms with Crippen molar-refractivity contribution < 1.29 is 0 Å². The van der Waals surface area contributed by atoms with E-state index < -0.39 is 0 Å². The van der Waals surface area contributed by atoms with E-state index in [1.807, 2.05) is 0 Å². The molecule has 0 aromatic heterocycles. The van der Waals surface area contributed by atoms with Gasteiger partial charge in [0, 0.05) is 24.8 Å². The maximum atomic E-state index is 3.62. The summed E-state index contributed by atoms with van der Waals surface area (Å²) >= 11 is 0. The van der Waals surface area contributed by atoms with Crippen molar-refractivity contribution in [1.29, 1.82) is 0 Å². The van der Waals surface area contributed by atoms with Gasteiger partial charge in [0.1, 0.15) is 0 Å². The maximum absolute atomic E-state index is 3.62. The molecule has 0 saturated heterocycles. The number of nitrogens with one attached hydrogen (secondary N) is 1. The summed E-state index contributed by atoms with van der Waals surface area (Å²) in [6, 6.07) is 9.45. The Balaban J connectivity index is 1.59. The molecule has 0 spiro atoms. The molecule has 0 amide bonds. The van der Waals surface area contributed by atoms with Gasteiger partial charge in [-0.15, -0.1) is 0 Å². The first kappa shape index (κ1) is 12.0. The van der Waals surface area contributed by atoms with E-state index in [0.717, 1.165) is 12.5 Å². The largest absolute Gasteiger partial charge is 0.383 e. The fraction of sp³-hybridized carbons (Fsp3) is 0.625. The first-order chi connectivity index (χ1) is 8.83. The quantitative estimate of drug-likeness (QED) is 0.878. The van der Waals surface area contributed by atoms with Crippen molar-refractivity contribution in [3.05, 3.63) is 29.8 Å². The summed E-state index contributed by atoms with van der Waals surface area (Å²) < 4.78 is 0. The summed E-state index contributed by atoms with van der Waals surface area (Å²) in [4.78, 5) is 2.59. The average Bonchev–Trinajstić information content (AvgIpc) is 2.56. The molecule has 1 aliphatic heterocycles. The van der Waals surface area contributed by atoms with Gasteiger partial charge in [-0.05, 0) is 50.3 Å². The number of benzene rings is 1. The third-order valence-electron chi connectivity index (χ3n) is 4.69. The molecule has 1 heterocycles. The van der Waals surface area contributed by atoms with Gasteiger partial charge in [-0.2, -0.15) is 0 Å². The van der Waals surface area contributed by atoms with E-state index in [9.17, 15) is 0 Å². The van der Waals surface area contributed by atoms with Gasteiger partial charge >= 0.3 is 0 Å². The highest BCUT2D eigenvalue weighted by molar-refractivity contribution is 5.52. The van der Waals surface area contributed by atoms with Gasteiger partial charge in [0.05, 0.1) is 0 Å². The molecular formula is C16H24N2. The number of hydrogen-bond acceptors (Lipinski definition) is 2. The van der Waals surface area contributed by atoms with Crippen LogP contribution in [-0.2, 0) is 6.42 Å². The number of aryl methyl sites for hydroxylation is 1. The molecule has 1 unspecified atom stereocenters. The molecule has 18 heavy (non-hydrogen) atoms. The highest BCUT2D eigenvalue weighted by Gasteiger charge is 2.24. The molecule has 2 aliphatic rings. The van der Waals surface area contributed by atoms with E-state index in [-0.39, 0.29) is 0 Å². The lowest BCUT2D eigenvalue weighted by molar-refractivity contribution is 0.162. The second kappa shape index (κ2) is 5.31. The molecule has 1 fully saturated rings. The Morgan fingerprint density at radius 3 is 2.83 bits per heavy atom. The second-order valence-electron chi connectivity index (χ2n) is 5.97. The van der Waals surface area contributed by atoms with Crippen LogP contribution in [0.25, 0.3) is 0 Å². The number of anilines is 1. The summed E-state index contributed by atoms with van der Waals surface area (Å²) in [5, 5.41) is 3.62. The van der Waals surface area contributed by atoms with Crippen LogP contribution in [0.15, 0.2) is 24.3 Å². The van der Waals surface area contributed by atoms with Crippen LogP contribution in [-0.4, -0.2) is 31.1 Å². The van der Waals surface area contributed by atoms with Gasteiger partial charge in [0.15, 0.2) is 0 Å². The van der Waals surface area contributed by atoms with Gasteiger partial charge in [-0.25, -0.2) is 0 Å². The molecule has 1 aliphatic carbocycles. The zero-order chi connectivity index (χ0) is 12.4. The summed E-state index contributed by atoms with van der Waals surface area (Å²) in [7, 11) is 2.31. The average molecular weight is 244 g/mol. The minimum atomic E-state index is 0.693. The Morgan fingerprint density at radius 2 is 2.06 bits per heavy atom. The van der Waals surface area contributed by atoms with E-state index in [0.29, 0.717) is 6.04 Å². The van der Waals surface area contributed by atoms with Crippen LogP contribution < -0.4 is 5.32 Å².